The van der Waals surface area contributed by atoms with Crippen LogP contribution in [0.4, 0.5) is 5.69 Å². The van der Waals surface area contributed by atoms with Gasteiger partial charge in [-0.2, -0.15) is 0 Å². The van der Waals surface area contributed by atoms with Crippen molar-refractivity contribution in [3.05, 3.63) is 29.8 Å². The van der Waals surface area contributed by atoms with Crippen LogP contribution in [0.5, 0.6) is 0 Å². The van der Waals surface area contributed by atoms with Crippen LogP contribution in [0.3, 0.4) is 0 Å². The van der Waals surface area contributed by atoms with Gasteiger partial charge in [0.25, 0.3) is 11.8 Å². The molecule has 0 aromatic heterocycles. The van der Waals surface area contributed by atoms with Crippen molar-refractivity contribution in [1.82, 2.24) is 16.2 Å². The Balaban J connectivity index is 1.97. The molecular weight excluding hydrogens is 320 g/mol. The third kappa shape index (κ3) is 5.20. The molecule has 0 radical (unpaired) electrons. The lowest BCUT2D eigenvalue weighted by Gasteiger charge is -2.23. The van der Waals surface area contributed by atoms with Crippen molar-refractivity contribution in [3.8, 4) is 0 Å². The number of nitrogens with zero attached hydrogens (tertiary/aromatic N) is 1. The highest BCUT2D eigenvalue weighted by molar-refractivity contribution is 5.97. The van der Waals surface area contributed by atoms with E-state index < -0.39 is 11.9 Å². The van der Waals surface area contributed by atoms with Crippen molar-refractivity contribution < 1.29 is 14.4 Å². The summed E-state index contributed by atoms with van der Waals surface area (Å²) < 4.78 is 0. The Bertz CT molecular complexity index is 639. The summed E-state index contributed by atoms with van der Waals surface area (Å²) in [6, 6.07) is 6.47. The number of benzene rings is 1. The lowest BCUT2D eigenvalue weighted by atomic mass is 9.97. The second-order valence-corrected chi connectivity index (χ2v) is 6.61. The predicted octanol–water partition coefficient (Wildman–Crippen LogP) is 1.21. The van der Waals surface area contributed by atoms with Crippen LogP contribution in [0.15, 0.2) is 24.3 Å². The van der Waals surface area contributed by atoms with Crippen LogP contribution >= 0.6 is 0 Å². The maximum Gasteiger partial charge on any atom is 0.269 e. The fraction of sp³-hybridized carbons (Fsp3) is 0.500. The number of amides is 3. The Kier molecular flexibility index (Phi) is 6.38. The fourth-order valence-corrected chi connectivity index (χ4v) is 3.10. The summed E-state index contributed by atoms with van der Waals surface area (Å²) >= 11 is 0. The number of nitrogens with one attached hydrogen (secondary N) is 3. The first kappa shape index (κ1) is 18.8. The molecule has 1 aliphatic rings. The van der Waals surface area contributed by atoms with Gasteiger partial charge in [-0.1, -0.05) is 18.9 Å². The molecule has 1 aromatic rings. The van der Waals surface area contributed by atoms with E-state index in [2.05, 4.69) is 16.2 Å². The Morgan fingerprint density at radius 1 is 1.12 bits per heavy atom. The minimum atomic E-state index is -0.617. The van der Waals surface area contributed by atoms with Gasteiger partial charge < -0.3 is 10.2 Å². The average molecular weight is 346 g/mol. The molecule has 3 amide bonds. The summed E-state index contributed by atoms with van der Waals surface area (Å²) in [6.45, 7) is 1.39. The van der Waals surface area contributed by atoms with Crippen molar-refractivity contribution in [2.24, 2.45) is 5.92 Å². The monoisotopic (exact) mass is 346 g/mol. The number of anilines is 1. The molecule has 1 aromatic carbocycles. The van der Waals surface area contributed by atoms with E-state index in [-0.39, 0.29) is 17.7 Å². The molecule has 1 unspecified atom stereocenters. The van der Waals surface area contributed by atoms with Gasteiger partial charge >= 0.3 is 0 Å². The quantitative estimate of drug-likeness (QED) is 0.699. The molecule has 0 heterocycles. The van der Waals surface area contributed by atoms with Gasteiger partial charge in [0.05, 0.1) is 0 Å². The van der Waals surface area contributed by atoms with Gasteiger partial charge in [0.15, 0.2) is 0 Å². The first-order chi connectivity index (χ1) is 11.9. The fourth-order valence-electron chi connectivity index (χ4n) is 3.10. The molecule has 136 valence electrons. The smallest absolute Gasteiger partial charge is 0.269 e. The molecular formula is C18H26N4O3. The SMILES string of the molecule is CC(=O)NC(C(=O)NNC(=O)c1cccc(N(C)C)c1)C1CCCC1. The van der Waals surface area contributed by atoms with E-state index in [1.54, 1.807) is 18.2 Å². The third-order valence-electron chi connectivity index (χ3n) is 4.44. The topological polar surface area (TPSA) is 90.5 Å². The van der Waals surface area contributed by atoms with Crippen LogP contribution in [0.25, 0.3) is 0 Å². The molecule has 7 heteroatoms. The maximum absolute atomic E-state index is 12.4. The average Bonchev–Trinajstić information content (AvgIpc) is 3.11. The molecule has 2 rings (SSSR count). The van der Waals surface area contributed by atoms with Crippen LogP contribution in [-0.4, -0.2) is 37.9 Å². The maximum atomic E-state index is 12.4. The third-order valence-corrected chi connectivity index (χ3v) is 4.44. The second kappa shape index (κ2) is 8.50. The molecule has 0 aliphatic heterocycles. The standard InChI is InChI=1S/C18H26N4O3/c1-12(23)19-16(13-7-4-5-8-13)18(25)21-20-17(24)14-9-6-10-15(11-14)22(2)3/h6,9-11,13,16H,4-5,7-8H2,1-3H3,(H,19,23)(H,20,24)(H,21,25). The Morgan fingerprint density at radius 2 is 1.80 bits per heavy atom. The van der Waals surface area contributed by atoms with Crippen LogP contribution < -0.4 is 21.1 Å². The summed E-state index contributed by atoms with van der Waals surface area (Å²) in [5.74, 6) is -0.931. The minimum Gasteiger partial charge on any atom is -0.378 e. The van der Waals surface area contributed by atoms with E-state index in [1.165, 1.54) is 6.92 Å². The molecule has 7 nitrogen and oxygen atoms in total. The van der Waals surface area contributed by atoms with E-state index in [1.807, 2.05) is 25.1 Å². The first-order valence-electron chi connectivity index (χ1n) is 8.53. The number of hydrazine groups is 1. The molecule has 1 aliphatic carbocycles. The highest BCUT2D eigenvalue weighted by atomic mass is 16.2. The van der Waals surface area contributed by atoms with E-state index in [4.69, 9.17) is 0 Å². The van der Waals surface area contributed by atoms with Gasteiger partial charge in [-0.15, -0.1) is 0 Å². The molecule has 1 atom stereocenters. The lowest BCUT2D eigenvalue weighted by Crippen LogP contribution is -2.54. The van der Waals surface area contributed by atoms with Crippen LogP contribution in [0.2, 0.25) is 0 Å². The summed E-state index contributed by atoms with van der Waals surface area (Å²) in [4.78, 5) is 38.0. The number of hydrogen-bond donors (Lipinski definition) is 3. The van der Waals surface area contributed by atoms with Crippen molar-refractivity contribution in [1.29, 1.82) is 0 Å². The molecule has 3 N–H and O–H groups in total. The van der Waals surface area contributed by atoms with Gasteiger partial charge in [0.1, 0.15) is 6.04 Å². The number of hydrogen-bond acceptors (Lipinski definition) is 4. The number of rotatable bonds is 5. The summed E-state index contributed by atoms with van der Waals surface area (Å²) in [6.07, 6.45) is 3.91. The Hall–Kier alpha value is -2.57. The zero-order valence-corrected chi connectivity index (χ0v) is 15.0. The molecule has 0 bridgehead atoms. The van der Waals surface area contributed by atoms with Crippen LogP contribution in [0, 0.1) is 5.92 Å². The number of carbonyl (C=O) groups is 3. The van der Waals surface area contributed by atoms with Gasteiger partial charge in [-0.25, -0.2) is 0 Å². The summed E-state index contributed by atoms with van der Waals surface area (Å²) in [7, 11) is 3.77. The zero-order chi connectivity index (χ0) is 18.4. The zero-order valence-electron chi connectivity index (χ0n) is 15.0. The molecule has 0 saturated heterocycles. The van der Waals surface area contributed by atoms with E-state index >= 15 is 0 Å². The first-order valence-corrected chi connectivity index (χ1v) is 8.53. The largest absolute Gasteiger partial charge is 0.378 e. The van der Waals surface area contributed by atoms with Crippen molar-refractivity contribution >= 4 is 23.4 Å². The molecule has 1 saturated carbocycles. The minimum absolute atomic E-state index is 0.109. The highest BCUT2D eigenvalue weighted by Crippen LogP contribution is 2.27. The van der Waals surface area contributed by atoms with Gasteiger partial charge in [0, 0.05) is 32.3 Å². The van der Waals surface area contributed by atoms with Crippen molar-refractivity contribution in [2.45, 2.75) is 38.6 Å². The Labute approximate surface area is 148 Å². The second-order valence-electron chi connectivity index (χ2n) is 6.61. The van der Waals surface area contributed by atoms with Gasteiger partial charge in [-0.05, 0) is 37.0 Å². The lowest BCUT2D eigenvalue weighted by molar-refractivity contribution is -0.129. The highest BCUT2D eigenvalue weighted by Gasteiger charge is 2.31. The van der Waals surface area contributed by atoms with Crippen molar-refractivity contribution in [3.63, 3.8) is 0 Å². The van der Waals surface area contributed by atoms with E-state index in [9.17, 15) is 14.4 Å². The molecule has 1 fully saturated rings. The van der Waals surface area contributed by atoms with Crippen LogP contribution in [-0.2, 0) is 9.59 Å². The van der Waals surface area contributed by atoms with Gasteiger partial charge in [-0.3, -0.25) is 25.2 Å². The Morgan fingerprint density at radius 3 is 2.40 bits per heavy atom. The van der Waals surface area contributed by atoms with E-state index in [0.29, 0.717) is 5.56 Å². The molecule has 25 heavy (non-hydrogen) atoms. The van der Waals surface area contributed by atoms with E-state index in [0.717, 1.165) is 31.4 Å². The number of carbonyl (C=O) groups excluding carboxylic acids is 3. The van der Waals surface area contributed by atoms with Gasteiger partial charge in [0.2, 0.25) is 5.91 Å². The normalized spacial score (nSPS) is 15.3. The summed E-state index contributed by atoms with van der Waals surface area (Å²) in [5.41, 5.74) is 6.22. The molecule has 0 spiro atoms. The van der Waals surface area contributed by atoms with Crippen LogP contribution in [0.1, 0.15) is 43.0 Å². The summed E-state index contributed by atoms with van der Waals surface area (Å²) in [5, 5.41) is 2.70. The predicted molar refractivity (Wildman–Crippen MR) is 95.9 cm³/mol. The van der Waals surface area contributed by atoms with Crippen molar-refractivity contribution in [2.75, 3.05) is 19.0 Å².